The number of carbonyl (C=O) groups excluding carboxylic acids is 1. The van der Waals surface area contributed by atoms with Crippen molar-refractivity contribution in [2.24, 2.45) is 5.10 Å². The van der Waals surface area contributed by atoms with Gasteiger partial charge in [0.05, 0.1) is 5.71 Å². The number of aliphatic carboxylic acids is 1. The molecule has 0 aliphatic heterocycles. The van der Waals surface area contributed by atoms with Crippen molar-refractivity contribution in [3.05, 3.63) is 64.7 Å². The van der Waals surface area contributed by atoms with Gasteiger partial charge in [0.2, 0.25) is 0 Å². The van der Waals surface area contributed by atoms with E-state index in [9.17, 15) is 9.59 Å². The average molecular weight is 361 g/mol. The topological polar surface area (TPSA) is 88.0 Å². The quantitative estimate of drug-likeness (QED) is 0.585. The summed E-state index contributed by atoms with van der Waals surface area (Å²) in [7, 11) is 0. The fraction of sp³-hybridized carbons (Fsp3) is 0.167. The van der Waals surface area contributed by atoms with Crippen molar-refractivity contribution in [2.75, 3.05) is 6.61 Å². The van der Waals surface area contributed by atoms with Crippen molar-refractivity contribution >= 4 is 29.2 Å². The van der Waals surface area contributed by atoms with Gasteiger partial charge in [-0.25, -0.2) is 10.2 Å². The third-order valence-corrected chi connectivity index (χ3v) is 3.50. The Hall–Kier alpha value is -2.86. The molecule has 0 bridgehead atoms. The SMILES string of the molecule is CC/C(=N/NC(=O)c1cccc(Cl)c1)c1ccc(OCC(=O)O)cc1. The molecule has 2 aromatic carbocycles. The number of rotatable bonds is 7. The molecule has 0 radical (unpaired) electrons. The number of benzene rings is 2. The summed E-state index contributed by atoms with van der Waals surface area (Å²) < 4.78 is 5.08. The number of amides is 1. The highest BCUT2D eigenvalue weighted by Gasteiger charge is 2.07. The van der Waals surface area contributed by atoms with Gasteiger partial charge in [0.25, 0.3) is 5.91 Å². The van der Waals surface area contributed by atoms with Crippen LogP contribution in [0.1, 0.15) is 29.3 Å². The maximum absolute atomic E-state index is 12.1. The Morgan fingerprint density at radius 2 is 1.88 bits per heavy atom. The third-order valence-electron chi connectivity index (χ3n) is 3.26. The first kappa shape index (κ1) is 18.5. The van der Waals surface area contributed by atoms with Crippen LogP contribution < -0.4 is 10.2 Å². The van der Waals surface area contributed by atoms with Crippen LogP contribution in [0.3, 0.4) is 0 Å². The Balaban J connectivity index is 2.06. The molecule has 0 atom stereocenters. The van der Waals surface area contributed by atoms with E-state index in [2.05, 4.69) is 10.5 Å². The Kier molecular flexibility index (Phi) is 6.54. The van der Waals surface area contributed by atoms with Crippen molar-refractivity contribution in [3.8, 4) is 5.75 Å². The van der Waals surface area contributed by atoms with Crippen LogP contribution in [0.25, 0.3) is 0 Å². The van der Waals surface area contributed by atoms with Crippen LogP contribution in [0.4, 0.5) is 0 Å². The van der Waals surface area contributed by atoms with E-state index in [0.29, 0.717) is 28.5 Å². The molecule has 0 spiro atoms. The van der Waals surface area contributed by atoms with Gasteiger partial charge in [-0.3, -0.25) is 4.79 Å². The minimum Gasteiger partial charge on any atom is -0.482 e. The molecule has 1 amide bonds. The molecule has 0 aliphatic rings. The first-order valence-corrected chi connectivity index (χ1v) is 7.95. The van der Waals surface area contributed by atoms with Gasteiger partial charge < -0.3 is 9.84 Å². The number of hydrazone groups is 1. The van der Waals surface area contributed by atoms with Crippen LogP contribution in [0, 0.1) is 0 Å². The largest absolute Gasteiger partial charge is 0.482 e. The second kappa shape index (κ2) is 8.84. The fourth-order valence-electron chi connectivity index (χ4n) is 2.05. The van der Waals surface area contributed by atoms with Crippen LogP contribution in [0.5, 0.6) is 5.75 Å². The normalized spacial score (nSPS) is 11.0. The summed E-state index contributed by atoms with van der Waals surface area (Å²) in [6, 6.07) is 13.4. The summed E-state index contributed by atoms with van der Waals surface area (Å²) in [4.78, 5) is 22.6. The lowest BCUT2D eigenvalue weighted by Crippen LogP contribution is -2.20. The molecular formula is C18H17ClN2O4. The highest BCUT2D eigenvalue weighted by molar-refractivity contribution is 6.30. The van der Waals surface area contributed by atoms with Crippen LogP contribution in [-0.2, 0) is 4.79 Å². The number of ether oxygens (including phenoxy) is 1. The number of hydrogen-bond acceptors (Lipinski definition) is 4. The Morgan fingerprint density at radius 3 is 2.48 bits per heavy atom. The van der Waals surface area contributed by atoms with Gasteiger partial charge in [-0.1, -0.05) is 24.6 Å². The monoisotopic (exact) mass is 360 g/mol. The predicted molar refractivity (Wildman–Crippen MR) is 95.3 cm³/mol. The summed E-state index contributed by atoms with van der Waals surface area (Å²) >= 11 is 5.87. The van der Waals surface area contributed by atoms with E-state index in [1.807, 2.05) is 6.92 Å². The minimum atomic E-state index is -1.04. The lowest BCUT2D eigenvalue weighted by molar-refractivity contribution is -0.139. The summed E-state index contributed by atoms with van der Waals surface area (Å²) in [6.45, 7) is 1.52. The summed E-state index contributed by atoms with van der Waals surface area (Å²) in [5, 5.41) is 13.2. The van der Waals surface area contributed by atoms with Gasteiger partial charge in [0.1, 0.15) is 5.75 Å². The zero-order valence-electron chi connectivity index (χ0n) is 13.5. The van der Waals surface area contributed by atoms with Crippen molar-refractivity contribution in [1.29, 1.82) is 0 Å². The summed E-state index contributed by atoms with van der Waals surface area (Å²) in [5.41, 5.74) is 4.42. The van der Waals surface area contributed by atoms with Gasteiger partial charge in [-0.15, -0.1) is 0 Å². The van der Waals surface area contributed by atoms with Crippen LogP contribution in [-0.4, -0.2) is 29.3 Å². The number of carboxylic acid groups (broad SMARTS) is 1. The molecule has 0 saturated heterocycles. The van der Waals surface area contributed by atoms with Crippen LogP contribution in [0.15, 0.2) is 53.6 Å². The van der Waals surface area contributed by atoms with Crippen molar-refractivity contribution in [1.82, 2.24) is 5.43 Å². The minimum absolute atomic E-state index is 0.352. The average Bonchev–Trinajstić information content (AvgIpc) is 2.61. The number of carboxylic acids is 1. The lowest BCUT2D eigenvalue weighted by atomic mass is 10.1. The van der Waals surface area contributed by atoms with Gasteiger partial charge in [-0.05, 0) is 54.4 Å². The van der Waals surface area contributed by atoms with Gasteiger partial charge in [-0.2, -0.15) is 5.10 Å². The van der Waals surface area contributed by atoms with E-state index in [-0.39, 0.29) is 5.91 Å². The molecule has 0 saturated carbocycles. The standard InChI is InChI=1S/C18H17ClN2O4/c1-2-16(12-6-8-15(9-7-12)25-11-17(22)23)20-21-18(24)13-4-3-5-14(19)10-13/h3-10H,2,11H2,1H3,(H,21,24)(H,22,23)/b20-16-. The smallest absolute Gasteiger partial charge is 0.341 e. The lowest BCUT2D eigenvalue weighted by Gasteiger charge is -2.07. The predicted octanol–water partition coefficient (Wildman–Crippen LogP) is 3.35. The molecule has 25 heavy (non-hydrogen) atoms. The molecule has 2 rings (SSSR count). The first-order chi connectivity index (χ1) is 12.0. The summed E-state index contributed by atoms with van der Waals surface area (Å²) in [5.74, 6) is -0.942. The van der Waals surface area contributed by atoms with Gasteiger partial charge >= 0.3 is 5.97 Å². The molecule has 130 valence electrons. The Bertz CT molecular complexity index is 788. The highest BCUT2D eigenvalue weighted by atomic mass is 35.5. The Morgan fingerprint density at radius 1 is 1.16 bits per heavy atom. The highest BCUT2D eigenvalue weighted by Crippen LogP contribution is 2.14. The maximum atomic E-state index is 12.1. The van der Waals surface area contributed by atoms with Crippen LogP contribution in [0.2, 0.25) is 5.02 Å². The van der Waals surface area contributed by atoms with E-state index in [1.54, 1.807) is 48.5 Å². The molecule has 2 aromatic rings. The van der Waals surface area contributed by atoms with Crippen molar-refractivity contribution in [3.63, 3.8) is 0 Å². The number of nitrogens with zero attached hydrogens (tertiary/aromatic N) is 1. The molecule has 0 aromatic heterocycles. The van der Waals surface area contributed by atoms with Crippen molar-refractivity contribution in [2.45, 2.75) is 13.3 Å². The third kappa shape index (κ3) is 5.61. The first-order valence-electron chi connectivity index (χ1n) is 7.57. The Labute approximate surface area is 150 Å². The van der Waals surface area contributed by atoms with Crippen molar-refractivity contribution < 1.29 is 19.4 Å². The molecule has 6 nitrogen and oxygen atoms in total. The zero-order valence-corrected chi connectivity index (χ0v) is 14.3. The molecule has 2 N–H and O–H groups in total. The van der Waals surface area contributed by atoms with Gasteiger partial charge in [0, 0.05) is 10.6 Å². The van der Waals surface area contributed by atoms with E-state index in [0.717, 1.165) is 5.56 Å². The van der Waals surface area contributed by atoms with E-state index >= 15 is 0 Å². The molecular weight excluding hydrogens is 344 g/mol. The molecule has 0 unspecified atom stereocenters. The zero-order chi connectivity index (χ0) is 18.2. The van der Waals surface area contributed by atoms with Gasteiger partial charge in [0.15, 0.2) is 6.61 Å². The molecule has 0 aliphatic carbocycles. The van der Waals surface area contributed by atoms with Crippen LogP contribution >= 0.6 is 11.6 Å². The number of hydrogen-bond donors (Lipinski definition) is 2. The maximum Gasteiger partial charge on any atom is 0.341 e. The van der Waals surface area contributed by atoms with E-state index in [4.69, 9.17) is 21.4 Å². The molecule has 0 heterocycles. The number of nitrogens with one attached hydrogen (secondary N) is 1. The van der Waals surface area contributed by atoms with E-state index in [1.165, 1.54) is 0 Å². The van der Waals surface area contributed by atoms with E-state index < -0.39 is 12.6 Å². The molecule has 7 heteroatoms. The second-order valence-electron chi connectivity index (χ2n) is 5.07. The number of halogens is 1. The fourth-order valence-corrected chi connectivity index (χ4v) is 2.24. The summed E-state index contributed by atoms with van der Waals surface area (Å²) in [6.07, 6.45) is 0.602. The molecule has 0 fully saturated rings. The number of carbonyl (C=O) groups is 2. The second-order valence-corrected chi connectivity index (χ2v) is 5.51.